The third kappa shape index (κ3) is 5.48. The fraction of sp³-hybridized carbons (Fsp3) is 0.462. The highest BCUT2D eigenvalue weighted by Gasteiger charge is 2.13. The Balaban J connectivity index is 0.000000204. The van der Waals surface area contributed by atoms with Gasteiger partial charge in [0.25, 0.3) is 0 Å². The van der Waals surface area contributed by atoms with E-state index in [0.29, 0.717) is 0 Å². The minimum Gasteiger partial charge on any atom is -0.508 e. The van der Waals surface area contributed by atoms with Crippen molar-refractivity contribution in [3.63, 3.8) is 0 Å². The zero-order chi connectivity index (χ0) is 15.2. The summed E-state index contributed by atoms with van der Waals surface area (Å²) in [4.78, 5) is 12.0. The average molecular weight is 301 g/mol. The van der Waals surface area contributed by atoms with E-state index in [0.717, 1.165) is 32.2 Å². The number of benzene rings is 1. The highest BCUT2D eigenvalue weighted by atomic mass is 32.2. The number of phenols is 1. The van der Waals surface area contributed by atoms with Crippen molar-refractivity contribution < 1.29 is 23.4 Å². The molecule has 1 fully saturated rings. The van der Waals surface area contributed by atoms with Gasteiger partial charge in [0.15, 0.2) is 9.84 Å². The SMILES string of the molecule is CS(=O)(=O)c1ccc(O)cc1.O=C(O)N1CCCCC1. The molecule has 0 aliphatic carbocycles. The molecular weight excluding hydrogens is 282 g/mol. The average Bonchev–Trinajstić information content (AvgIpc) is 2.40. The van der Waals surface area contributed by atoms with Crippen LogP contribution in [-0.2, 0) is 9.84 Å². The smallest absolute Gasteiger partial charge is 0.407 e. The quantitative estimate of drug-likeness (QED) is 0.826. The Bertz CT molecular complexity index is 532. The van der Waals surface area contributed by atoms with Gasteiger partial charge in [-0.2, -0.15) is 0 Å². The Hall–Kier alpha value is -1.76. The second kappa shape index (κ2) is 7.14. The zero-order valence-corrected chi connectivity index (χ0v) is 12.1. The number of carbonyl (C=O) groups is 1. The van der Waals surface area contributed by atoms with E-state index in [-0.39, 0.29) is 10.6 Å². The molecule has 0 saturated carbocycles. The monoisotopic (exact) mass is 301 g/mol. The number of sulfone groups is 1. The van der Waals surface area contributed by atoms with Gasteiger partial charge in [0.1, 0.15) is 5.75 Å². The van der Waals surface area contributed by atoms with Crippen LogP contribution in [0.15, 0.2) is 29.2 Å². The Morgan fingerprint density at radius 2 is 1.60 bits per heavy atom. The topological polar surface area (TPSA) is 94.9 Å². The van der Waals surface area contributed by atoms with E-state index >= 15 is 0 Å². The predicted octanol–water partition coefficient (Wildman–Crippen LogP) is 1.95. The molecule has 112 valence electrons. The molecule has 7 heteroatoms. The summed E-state index contributed by atoms with van der Waals surface area (Å²) >= 11 is 0. The fourth-order valence-corrected chi connectivity index (χ4v) is 2.41. The lowest BCUT2D eigenvalue weighted by atomic mass is 10.1. The molecule has 2 rings (SSSR count). The first-order valence-electron chi connectivity index (χ1n) is 6.27. The molecule has 20 heavy (non-hydrogen) atoms. The van der Waals surface area contributed by atoms with Gasteiger partial charge < -0.3 is 15.1 Å². The summed E-state index contributed by atoms with van der Waals surface area (Å²) in [6, 6.07) is 5.42. The number of phenolic OH excluding ortho intramolecular Hbond substituents is 1. The van der Waals surface area contributed by atoms with Crippen molar-refractivity contribution >= 4 is 15.9 Å². The van der Waals surface area contributed by atoms with Gasteiger partial charge in [-0.15, -0.1) is 0 Å². The maximum absolute atomic E-state index is 10.9. The normalized spacial score (nSPS) is 15.2. The highest BCUT2D eigenvalue weighted by Crippen LogP contribution is 2.13. The van der Waals surface area contributed by atoms with E-state index in [1.165, 1.54) is 35.6 Å². The van der Waals surface area contributed by atoms with Crippen LogP contribution < -0.4 is 0 Å². The van der Waals surface area contributed by atoms with Crippen molar-refractivity contribution in [2.45, 2.75) is 24.2 Å². The molecule has 0 unspecified atom stereocenters. The number of piperidine rings is 1. The summed E-state index contributed by atoms with van der Waals surface area (Å²) in [5, 5.41) is 17.3. The second-order valence-corrected chi connectivity index (χ2v) is 6.61. The second-order valence-electron chi connectivity index (χ2n) is 4.60. The lowest BCUT2D eigenvalue weighted by Gasteiger charge is -2.22. The van der Waals surface area contributed by atoms with Gasteiger partial charge in [0.05, 0.1) is 4.90 Å². The molecule has 1 aromatic carbocycles. The lowest BCUT2D eigenvalue weighted by molar-refractivity contribution is 0.136. The van der Waals surface area contributed by atoms with Crippen molar-refractivity contribution in [3.8, 4) is 5.75 Å². The lowest BCUT2D eigenvalue weighted by Crippen LogP contribution is -2.34. The number of amides is 1. The summed E-state index contributed by atoms with van der Waals surface area (Å²) in [6.07, 6.45) is 3.61. The Morgan fingerprint density at radius 3 is 1.95 bits per heavy atom. The van der Waals surface area contributed by atoms with Gasteiger partial charge in [-0.1, -0.05) is 0 Å². The molecule has 0 spiro atoms. The summed E-state index contributed by atoms with van der Waals surface area (Å²) in [5.41, 5.74) is 0. The third-order valence-electron chi connectivity index (χ3n) is 2.89. The zero-order valence-electron chi connectivity index (χ0n) is 11.3. The van der Waals surface area contributed by atoms with Crippen LogP contribution in [-0.4, -0.2) is 49.0 Å². The molecule has 1 amide bonds. The molecule has 2 N–H and O–H groups in total. The van der Waals surface area contributed by atoms with Crippen LogP contribution in [0.2, 0.25) is 0 Å². The molecule has 0 bridgehead atoms. The first kappa shape index (κ1) is 16.3. The minimum absolute atomic E-state index is 0.0670. The number of carboxylic acid groups (broad SMARTS) is 1. The summed E-state index contributed by atoms with van der Waals surface area (Å²) in [5.74, 6) is 0.0670. The van der Waals surface area contributed by atoms with E-state index in [1.54, 1.807) is 0 Å². The van der Waals surface area contributed by atoms with Crippen LogP contribution >= 0.6 is 0 Å². The van der Waals surface area contributed by atoms with Crippen molar-refractivity contribution in [2.75, 3.05) is 19.3 Å². The van der Waals surface area contributed by atoms with E-state index in [2.05, 4.69) is 0 Å². The standard InChI is InChI=1S/C7H8O3S.C6H11NO2/c1-11(9,10)7-4-2-6(8)3-5-7;8-6(9)7-4-2-1-3-5-7/h2-5,8H,1H3;1-5H2,(H,8,9). The largest absolute Gasteiger partial charge is 0.508 e. The molecule has 6 nitrogen and oxygen atoms in total. The molecular formula is C13H19NO5S. The van der Waals surface area contributed by atoms with Crippen LogP contribution in [0.25, 0.3) is 0 Å². The minimum atomic E-state index is -3.13. The van der Waals surface area contributed by atoms with Crippen LogP contribution in [0.1, 0.15) is 19.3 Å². The van der Waals surface area contributed by atoms with Crippen molar-refractivity contribution in [1.29, 1.82) is 0 Å². The van der Waals surface area contributed by atoms with Crippen molar-refractivity contribution in [2.24, 2.45) is 0 Å². The van der Waals surface area contributed by atoms with Crippen molar-refractivity contribution in [1.82, 2.24) is 4.90 Å². The Morgan fingerprint density at radius 1 is 1.10 bits per heavy atom. The van der Waals surface area contributed by atoms with Gasteiger partial charge in [-0.05, 0) is 43.5 Å². The van der Waals surface area contributed by atoms with Gasteiger partial charge in [-0.3, -0.25) is 0 Å². The first-order chi connectivity index (χ1) is 9.30. The Kier molecular flexibility index (Phi) is 5.82. The summed E-state index contributed by atoms with van der Waals surface area (Å²) < 4.78 is 21.7. The molecule has 1 aromatic rings. The number of aromatic hydroxyl groups is 1. The van der Waals surface area contributed by atoms with Gasteiger partial charge in [-0.25, -0.2) is 13.2 Å². The van der Waals surface area contributed by atoms with Crippen LogP contribution in [0.4, 0.5) is 4.79 Å². The van der Waals surface area contributed by atoms with Gasteiger partial charge in [0.2, 0.25) is 0 Å². The summed E-state index contributed by atoms with van der Waals surface area (Å²) in [6.45, 7) is 1.46. The number of rotatable bonds is 1. The summed E-state index contributed by atoms with van der Waals surface area (Å²) in [7, 11) is -3.13. The molecule has 1 heterocycles. The molecule has 0 radical (unpaired) electrons. The van der Waals surface area contributed by atoms with E-state index in [4.69, 9.17) is 10.2 Å². The van der Waals surface area contributed by atoms with Crippen LogP contribution in [0, 0.1) is 0 Å². The number of hydrogen-bond donors (Lipinski definition) is 2. The van der Waals surface area contributed by atoms with Crippen molar-refractivity contribution in [3.05, 3.63) is 24.3 Å². The van der Waals surface area contributed by atoms with Gasteiger partial charge >= 0.3 is 6.09 Å². The van der Waals surface area contributed by atoms with Crippen LogP contribution in [0.5, 0.6) is 5.75 Å². The molecule has 0 aromatic heterocycles. The molecule has 1 aliphatic rings. The maximum Gasteiger partial charge on any atom is 0.407 e. The third-order valence-corrected chi connectivity index (χ3v) is 4.02. The number of hydrogen-bond acceptors (Lipinski definition) is 4. The predicted molar refractivity (Wildman–Crippen MR) is 74.7 cm³/mol. The Labute approximate surface area is 118 Å². The van der Waals surface area contributed by atoms with E-state index in [1.807, 2.05) is 0 Å². The first-order valence-corrected chi connectivity index (χ1v) is 8.17. The fourth-order valence-electron chi connectivity index (χ4n) is 1.78. The molecule has 1 aliphatic heterocycles. The highest BCUT2D eigenvalue weighted by molar-refractivity contribution is 7.90. The van der Waals surface area contributed by atoms with E-state index in [9.17, 15) is 13.2 Å². The maximum atomic E-state index is 10.9. The molecule has 1 saturated heterocycles. The number of nitrogens with zero attached hydrogens (tertiary/aromatic N) is 1. The van der Waals surface area contributed by atoms with Crippen LogP contribution in [0.3, 0.4) is 0 Å². The number of likely N-dealkylation sites (tertiary alicyclic amines) is 1. The van der Waals surface area contributed by atoms with Gasteiger partial charge in [0, 0.05) is 19.3 Å². The van der Waals surface area contributed by atoms with E-state index < -0.39 is 15.9 Å². The molecule has 0 atom stereocenters.